The Morgan fingerprint density at radius 2 is 1.79 bits per heavy atom. The number of ether oxygens (including phenoxy) is 6. The third-order valence-corrected chi connectivity index (χ3v) is 6.00. The zero-order chi connectivity index (χ0) is 23.9. The molecule has 1 spiro atoms. The van der Waals surface area contributed by atoms with E-state index in [-0.39, 0.29) is 41.2 Å². The second-order valence-electron chi connectivity index (χ2n) is 7.44. The number of esters is 3. The van der Waals surface area contributed by atoms with Gasteiger partial charge >= 0.3 is 17.9 Å². The van der Waals surface area contributed by atoms with E-state index in [0.29, 0.717) is 0 Å². The van der Waals surface area contributed by atoms with Gasteiger partial charge in [-0.2, -0.15) is 0 Å². The van der Waals surface area contributed by atoms with E-state index in [9.17, 15) is 19.2 Å². The summed E-state index contributed by atoms with van der Waals surface area (Å²) >= 11 is 0. The fourth-order valence-corrected chi connectivity index (χ4v) is 4.65. The van der Waals surface area contributed by atoms with Gasteiger partial charge in [0.1, 0.15) is 34.2 Å². The summed E-state index contributed by atoms with van der Waals surface area (Å²) in [5.41, 5.74) is -2.10. The molecular formula is C23H22O10. The van der Waals surface area contributed by atoms with E-state index in [4.69, 9.17) is 28.4 Å². The summed E-state index contributed by atoms with van der Waals surface area (Å²) in [7, 11) is 3.63. The molecule has 10 heteroatoms. The summed E-state index contributed by atoms with van der Waals surface area (Å²) in [5.74, 6) is -3.31. The van der Waals surface area contributed by atoms with E-state index in [1.807, 2.05) is 0 Å². The molecule has 1 aliphatic carbocycles. The highest BCUT2D eigenvalue weighted by Gasteiger charge is 2.69. The molecule has 0 N–H and O–H groups in total. The minimum Gasteiger partial charge on any atom is -0.496 e. The first kappa shape index (κ1) is 22.4. The minimum atomic E-state index is -1.81. The number of hydrogen-bond acceptors (Lipinski definition) is 10. The molecule has 0 amide bonds. The average Bonchev–Trinajstić information content (AvgIpc) is 3.22. The molecule has 0 unspecified atom stereocenters. The highest BCUT2D eigenvalue weighted by Crippen LogP contribution is 2.57. The SMILES string of the molecule is CCOC(=O)C1=CC[C@H]2OC(C(=O)OC)=C(C(=O)OC)[C@@H]3Oc4cccc(OC)c4C(=O)[C@]123. The summed E-state index contributed by atoms with van der Waals surface area (Å²) in [6.07, 6.45) is -0.871. The maximum Gasteiger partial charge on any atom is 0.374 e. The third-order valence-electron chi connectivity index (χ3n) is 6.00. The van der Waals surface area contributed by atoms with Gasteiger partial charge in [0.15, 0.2) is 11.9 Å². The zero-order valence-corrected chi connectivity index (χ0v) is 18.5. The second-order valence-corrected chi connectivity index (χ2v) is 7.44. The van der Waals surface area contributed by atoms with Crippen LogP contribution in [0.4, 0.5) is 0 Å². The van der Waals surface area contributed by atoms with E-state index in [0.717, 1.165) is 14.2 Å². The molecule has 3 atom stereocenters. The molecule has 2 heterocycles. The maximum atomic E-state index is 14.2. The van der Waals surface area contributed by atoms with Gasteiger partial charge in [-0.3, -0.25) is 4.79 Å². The van der Waals surface area contributed by atoms with E-state index in [2.05, 4.69) is 0 Å². The fraction of sp³-hybridized carbons (Fsp3) is 0.391. The standard InChI is InChI=1S/C23H22O10/c1-5-31-20(25)11-9-10-14-23(11)18(24)15-12(28-2)7-6-8-13(15)32-19(23)16(21(26)29-3)17(33-14)22(27)30-4/h6-9,14,19H,5,10H2,1-4H3/t14-,19+,23+/m1/s1. The molecule has 0 bridgehead atoms. The quantitative estimate of drug-likeness (QED) is 0.474. The number of ketones is 1. The Morgan fingerprint density at radius 3 is 2.42 bits per heavy atom. The van der Waals surface area contributed by atoms with Crippen molar-refractivity contribution >= 4 is 23.7 Å². The Bertz CT molecular complexity index is 1110. The van der Waals surface area contributed by atoms with Crippen molar-refractivity contribution in [2.45, 2.75) is 25.6 Å². The highest BCUT2D eigenvalue weighted by molar-refractivity contribution is 6.15. The smallest absolute Gasteiger partial charge is 0.374 e. The third kappa shape index (κ3) is 3.00. The summed E-state index contributed by atoms with van der Waals surface area (Å²) in [6, 6.07) is 4.72. The van der Waals surface area contributed by atoms with Gasteiger partial charge in [-0.15, -0.1) is 0 Å². The maximum absolute atomic E-state index is 14.2. The van der Waals surface area contributed by atoms with Gasteiger partial charge < -0.3 is 28.4 Å². The van der Waals surface area contributed by atoms with Crippen LogP contribution in [-0.2, 0) is 33.3 Å². The van der Waals surface area contributed by atoms with Gasteiger partial charge in [-0.25, -0.2) is 14.4 Å². The van der Waals surface area contributed by atoms with Gasteiger partial charge in [-0.05, 0) is 19.1 Å². The fourth-order valence-electron chi connectivity index (χ4n) is 4.65. The summed E-state index contributed by atoms with van der Waals surface area (Å²) < 4.78 is 32.3. The molecule has 4 rings (SSSR count). The van der Waals surface area contributed by atoms with Gasteiger partial charge in [0, 0.05) is 6.42 Å². The predicted molar refractivity (Wildman–Crippen MR) is 109 cm³/mol. The van der Waals surface area contributed by atoms with Crippen molar-refractivity contribution in [1.82, 2.24) is 0 Å². The van der Waals surface area contributed by atoms with E-state index in [1.54, 1.807) is 19.1 Å². The lowest BCUT2D eigenvalue weighted by atomic mass is 9.64. The van der Waals surface area contributed by atoms with Crippen LogP contribution >= 0.6 is 0 Å². The highest BCUT2D eigenvalue weighted by atomic mass is 16.6. The van der Waals surface area contributed by atoms with Crippen LogP contribution in [0.15, 0.2) is 41.2 Å². The van der Waals surface area contributed by atoms with Crippen molar-refractivity contribution in [3.63, 3.8) is 0 Å². The molecule has 0 aromatic heterocycles. The van der Waals surface area contributed by atoms with Crippen LogP contribution in [0.2, 0.25) is 0 Å². The molecular weight excluding hydrogens is 436 g/mol. The van der Waals surface area contributed by atoms with Crippen molar-refractivity contribution in [2.75, 3.05) is 27.9 Å². The Hall–Kier alpha value is -3.82. The predicted octanol–water partition coefficient (Wildman–Crippen LogP) is 1.52. The van der Waals surface area contributed by atoms with Crippen molar-refractivity contribution in [3.8, 4) is 11.5 Å². The summed E-state index contributed by atoms with van der Waals surface area (Å²) in [4.78, 5) is 52.5. The number of methoxy groups -OCH3 is 3. The largest absolute Gasteiger partial charge is 0.496 e. The van der Waals surface area contributed by atoms with Crippen molar-refractivity contribution in [2.24, 2.45) is 5.41 Å². The van der Waals surface area contributed by atoms with Gasteiger partial charge in [0.05, 0.1) is 33.5 Å². The monoisotopic (exact) mass is 458 g/mol. The Balaban J connectivity index is 2.04. The number of hydrogen-bond donors (Lipinski definition) is 0. The van der Waals surface area contributed by atoms with Crippen molar-refractivity contribution in [1.29, 1.82) is 0 Å². The van der Waals surface area contributed by atoms with Crippen LogP contribution < -0.4 is 9.47 Å². The lowest BCUT2D eigenvalue weighted by molar-refractivity contribution is -0.152. The molecule has 33 heavy (non-hydrogen) atoms. The van der Waals surface area contributed by atoms with Crippen molar-refractivity contribution < 1.29 is 47.6 Å². The van der Waals surface area contributed by atoms with Crippen molar-refractivity contribution in [3.05, 3.63) is 46.7 Å². The number of rotatable bonds is 5. The first-order valence-electron chi connectivity index (χ1n) is 10.2. The Kier molecular flexibility index (Phi) is 5.61. The van der Waals surface area contributed by atoms with E-state index < -0.39 is 47.1 Å². The summed E-state index contributed by atoms with van der Waals surface area (Å²) in [5, 5.41) is 0. The molecule has 1 aromatic rings. The molecule has 0 fully saturated rings. The first-order valence-corrected chi connectivity index (χ1v) is 10.2. The molecule has 1 aromatic carbocycles. The minimum absolute atomic E-state index is 0.0220. The topological polar surface area (TPSA) is 124 Å². The van der Waals surface area contributed by atoms with Gasteiger partial charge in [0.2, 0.25) is 5.76 Å². The Morgan fingerprint density at radius 1 is 1.06 bits per heavy atom. The van der Waals surface area contributed by atoms with Crippen LogP contribution in [0, 0.1) is 5.41 Å². The van der Waals surface area contributed by atoms with Crippen LogP contribution in [0.5, 0.6) is 11.5 Å². The molecule has 0 radical (unpaired) electrons. The second kappa shape index (κ2) is 8.27. The summed E-state index contributed by atoms with van der Waals surface area (Å²) in [6.45, 7) is 1.69. The molecule has 174 valence electrons. The van der Waals surface area contributed by atoms with Crippen LogP contribution in [0.3, 0.4) is 0 Å². The molecule has 0 saturated heterocycles. The lowest BCUT2D eigenvalue weighted by Gasteiger charge is -2.48. The lowest BCUT2D eigenvalue weighted by Crippen LogP contribution is -2.61. The molecule has 3 aliphatic rings. The average molecular weight is 458 g/mol. The Labute approximate surface area is 189 Å². The van der Waals surface area contributed by atoms with Gasteiger partial charge in [-0.1, -0.05) is 12.1 Å². The van der Waals surface area contributed by atoms with E-state index in [1.165, 1.54) is 19.3 Å². The number of benzene rings is 1. The molecule has 2 aliphatic heterocycles. The van der Waals surface area contributed by atoms with Crippen LogP contribution in [0.25, 0.3) is 0 Å². The molecule has 0 saturated carbocycles. The first-order chi connectivity index (χ1) is 15.9. The number of fused-ring (bicyclic) bond motifs is 1. The number of carbonyl (C=O) groups is 4. The number of Topliss-reactive ketones (excluding diaryl/α,β-unsaturated/α-hetero) is 1. The molecule has 10 nitrogen and oxygen atoms in total. The van der Waals surface area contributed by atoms with Crippen LogP contribution in [0.1, 0.15) is 23.7 Å². The normalized spacial score (nSPS) is 24.8. The zero-order valence-electron chi connectivity index (χ0n) is 18.5. The number of carbonyl (C=O) groups excluding carboxylic acids is 4. The van der Waals surface area contributed by atoms with Gasteiger partial charge in [0.25, 0.3) is 0 Å². The van der Waals surface area contributed by atoms with Crippen LogP contribution in [-0.4, -0.2) is 63.8 Å². The van der Waals surface area contributed by atoms with E-state index >= 15 is 0 Å².